The molecule has 2 aromatic heterocycles. The predicted octanol–water partition coefficient (Wildman–Crippen LogP) is 2.83. The van der Waals surface area contributed by atoms with Gasteiger partial charge < -0.3 is 14.6 Å². The van der Waals surface area contributed by atoms with Gasteiger partial charge in [0.2, 0.25) is 0 Å². The number of aromatic nitrogens is 2. The number of fused-ring (bicyclic) bond motifs is 4. The Hall–Kier alpha value is -2.66. The summed E-state index contributed by atoms with van der Waals surface area (Å²) in [5.41, 5.74) is 3.53. The molecule has 1 aromatic carbocycles. The fraction of sp³-hybridized carbons (Fsp3) is 0.333. The highest BCUT2D eigenvalue weighted by Crippen LogP contribution is 2.27. The number of piperidine rings is 3. The minimum absolute atomic E-state index is 0.0145. The van der Waals surface area contributed by atoms with Crippen molar-refractivity contribution in [2.75, 3.05) is 19.6 Å². The number of nitrogens with one attached hydrogen (secondary N) is 1. The number of nitrogens with zero attached hydrogens (tertiary/aromatic N) is 3. The third-order valence-corrected chi connectivity index (χ3v) is 5.76. The summed E-state index contributed by atoms with van der Waals surface area (Å²) in [6.07, 6.45) is 6.26. The van der Waals surface area contributed by atoms with Gasteiger partial charge in [0, 0.05) is 30.5 Å². The second-order valence-corrected chi connectivity index (χ2v) is 7.39. The molecule has 1 amide bonds. The number of carbonyl (C=O) groups is 1. The molecule has 3 fully saturated rings. The van der Waals surface area contributed by atoms with Gasteiger partial charge in [-0.2, -0.15) is 0 Å². The smallest absolute Gasteiger partial charge is 0.253 e. The molecule has 1 atom stereocenters. The van der Waals surface area contributed by atoms with E-state index in [0.29, 0.717) is 11.5 Å². The summed E-state index contributed by atoms with van der Waals surface area (Å²) in [4.78, 5) is 19.9. The van der Waals surface area contributed by atoms with Crippen LogP contribution in [0.5, 0.6) is 0 Å². The summed E-state index contributed by atoms with van der Waals surface area (Å²) >= 11 is 0. The van der Waals surface area contributed by atoms with Crippen LogP contribution in [0.15, 0.2) is 54.9 Å². The average molecular weight is 346 g/mol. The Morgan fingerprint density at radius 1 is 1.04 bits per heavy atom. The number of carbonyl (C=O) groups excluding carboxylic acids is 1. The van der Waals surface area contributed by atoms with Crippen LogP contribution in [0.4, 0.5) is 0 Å². The number of pyridine rings is 1. The summed E-state index contributed by atoms with van der Waals surface area (Å²) in [6, 6.07) is 14.2. The first-order valence-corrected chi connectivity index (χ1v) is 9.34. The van der Waals surface area contributed by atoms with Gasteiger partial charge in [-0.15, -0.1) is 0 Å². The van der Waals surface area contributed by atoms with E-state index >= 15 is 0 Å². The lowest BCUT2D eigenvalue weighted by atomic mass is 9.84. The molecule has 2 bridgehead atoms. The van der Waals surface area contributed by atoms with Crippen LogP contribution in [-0.2, 0) is 0 Å². The second kappa shape index (κ2) is 6.25. The Kier molecular flexibility index (Phi) is 3.75. The number of amides is 1. The molecule has 0 spiro atoms. The van der Waals surface area contributed by atoms with Crippen LogP contribution >= 0.6 is 0 Å². The lowest BCUT2D eigenvalue weighted by Crippen LogP contribution is -2.57. The Morgan fingerprint density at radius 2 is 1.85 bits per heavy atom. The zero-order valence-electron chi connectivity index (χ0n) is 14.6. The molecule has 3 aliphatic rings. The molecule has 132 valence electrons. The van der Waals surface area contributed by atoms with Crippen molar-refractivity contribution in [1.29, 1.82) is 0 Å². The molecule has 1 N–H and O–H groups in total. The minimum Gasteiger partial charge on any atom is -0.348 e. The molecule has 5 heteroatoms. The SMILES string of the molecule is O=C(N[C@@H]1CN2CCC1CC2)c1ccc2nc(-c3ccccc3)cn2c1. The van der Waals surface area contributed by atoms with Gasteiger partial charge in [-0.05, 0) is 44.0 Å². The number of imidazole rings is 1. The topological polar surface area (TPSA) is 49.6 Å². The van der Waals surface area contributed by atoms with Crippen molar-refractivity contribution in [3.63, 3.8) is 0 Å². The molecule has 0 radical (unpaired) electrons. The van der Waals surface area contributed by atoms with Crippen molar-refractivity contribution in [2.45, 2.75) is 18.9 Å². The highest BCUT2D eigenvalue weighted by Gasteiger charge is 2.34. The molecular weight excluding hydrogens is 324 g/mol. The van der Waals surface area contributed by atoms with E-state index in [2.05, 4.69) is 15.2 Å². The van der Waals surface area contributed by atoms with Crippen molar-refractivity contribution in [3.05, 3.63) is 60.4 Å². The molecule has 0 aliphatic carbocycles. The standard InChI is InChI=1S/C21H22N4O/c26-21(23-18-13-24-10-8-16(18)9-11-24)17-6-7-20-22-19(14-25(20)12-17)15-4-2-1-3-5-15/h1-7,12,14,16,18H,8-11,13H2,(H,23,26)/t18-/m1/s1. The van der Waals surface area contributed by atoms with E-state index in [4.69, 9.17) is 0 Å². The second-order valence-electron chi connectivity index (χ2n) is 7.39. The summed E-state index contributed by atoms with van der Waals surface area (Å²) in [5.74, 6) is 0.645. The van der Waals surface area contributed by atoms with Gasteiger partial charge >= 0.3 is 0 Å². The molecule has 26 heavy (non-hydrogen) atoms. The molecule has 3 saturated heterocycles. The molecule has 6 rings (SSSR count). The van der Waals surface area contributed by atoms with E-state index in [9.17, 15) is 4.79 Å². The fourth-order valence-corrected chi connectivity index (χ4v) is 4.25. The van der Waals surface area contributed by atoms with E-state index in [1.54, 1.807) is 0 Å². The number of hydrogen-bond acceptors (Lipinski definition) is 3. The Bertz CT molecular complexity index is 941. The largest absolute Gasteiger partial charge is 0.348 e. The molecule has 5 heterocycles. The Balaban J connectivity index is 1.38. The average Bonchev–Trinajstić information content (AvgIpc) is 3.13. The van der Waals surface area contributed by atoms with Gasteiger partial charge in [0.05, 0.1) is 11.3 Å². The molecule has 3 aliphatic heterocycles. The molecule has 3 aromatic rings. The van der Waals surface area contributed by atoms with Crippen LogP contribution < -0.4 is 5.32 Å². The van der Waals surface area contributed by atoms with E-state index in [1.807, 2.05) is 59.3 Å². The highest BCUT2D eigenvalue weighted by atomic mass is 16.1. The van der Waals surface area contributed by atoms with Gasteiger partial charge in [0.15, 0.2) is 0 Å². The van der Waals surface area contributed by atoms with Crippen molar-refractivity contribution in [3.8, 4) is 11.3 Å². The van der Waals surface area contributed by atoms with Crippen LogP contribution in [0.3, 0.4) is 0 Å². The molecule has 5 nitrogen and oxygen atoms in total. The van der Waals surface area contributed by atoms with Gasteiger partial charge in [0.25, 0.3) is 5.91 Å². The van der Waals surface area contributed by atoms with Gasteiger partial charge in [-0.1, -0.05) is 30.3 Å². The summed E-state index contributed by atoms with van der Waals surface area (Å²) in [6.45, 7) is 3.35. The third kappa shape index (κ3) is 2.78. The summed E-state index contributed by atoms with van der Waals surface area (Å²) in [7, 11) is 0. The molecule has 0 unspecified atom stereocenters. The quantitative estimate of drug-likeness (QED) is 0.793. The maximum absolute atomic E-state index is 12.7. The third-order valence-electron chi connectivity index (χ3n) is 5.76. The molecular formula is C21H22N4O. The number of rotatable bonds is 3. The lowest BCUT2D eigenvalue weighted by Gasteiger charge is -2.44. The predicted molar refractivity (Wildman–Crippen MR) is 101 cm³/mol. The maximum atomic E-state index is 12.7. The van der Waals surface area contributed by atoms with Crippen molar-refractivity contribution >= 4 is 11.6 Å². The monoisotopic (exact) mass is 346 g/mol. The van der Waals surface area contributed by atoms with E-state index in [1.165, 1.54) is 25.9 Å². The highest BCUT2D eigenvalue weighted by molar-refractivity contribution is 5.94. The van der Waals surface area contributed by atoms with Gasteiger partial charge in [0.1, 0.15) is 5.65 Å². The summed E-state index contributed by atoms with van der Waals surface area (Å²) in [5, 5.41) is 3.26. The maximum Gasteiger partial charge on any atom is 0.253 e. The van der Waals surface area contributed by atoms with E-state index in [-0.39, 0.29) is 11.9 Å². The van der Waals surface area contributed by atoms with Crippen molar-refractivity contribution in [2.24, 2.45) is 5.92 Å². The van der Waals surface area contributed by atoms with Gasteiger partial charge in [-0.3, -0.25) is 4.79 Å². The summed E-state index contributed by atoms with van der Waals surface area (Å²) < 4.78 is 1.94. The molecule has 0 saturated carbocycles. The Labute approximate surface area is 152 Å². The zero-order valence-corrected chi connectivity index (χ0v) is 14.6. The van der Waals surface area contributed by atoms with Crippen LogP contribution in [-0.4, -0.2) is 45.9 Å². The van der Waals surface area contributed by atoms with Crippen LogP contribution in [0, 0.1) is 5.92 Å². The normalized spacial score (nSPS) is 24.7. The number of hydrogen-bond donors (Lipinski definition) is 1. The lowest BCUT2D eigenvalue weighted by molar-refractivity contribution is 0.0620. The van der Waals surface area contributed by atoms with Crippen LogP contribution in [0.25, 0.3) is 16.9 Å². The van der Waals surface area contributed by atoms with Crippen molar-refractivity contribution < 1.29 is 4.79 Å². The fourth-order valence-electron chi connectivity index (χ4n) is 4.25. The van der Waals surface area contributed by atoms with Crippen LogP contribution in [0.2, 0.25) is 0 Å². The van der Waals surface area contributed by atoms with Crippen molar-refractivity contribution in [1.82, 2.24) is 19.6 Å². The zero-order chi connectivity index (χ0) is 17.5. The number of benzene rings is 1. The van der Waals surface area contributed by atoms with Crippen LogP contribution in [0.1, 0.15) is 23.2 Å². The van der Waals surface area contributed by atoms with E-state index in [0.717, 1.165) is 23.4 Å². The van der Waals surface area contributed by atoms with E-state index < -0.39 is 0 Å². The van der Waals surface area contributed by atoms with Gasteiger partial charge in [-0.25, -0.2) is 4.98 Å². The Morgan fingerprint density at radius 3 is 2.58 bits per heavy atom. The first kappa shape index (κ1) is 15.6. The minimum atomic E-state index is 0.0145. The first-order chi connectivity index (χ1) is 12.8. The first-order valence-electron chi connectivity index (χ1n) is 9.34.